The number of aromatic nitrogens is 1. The molecule has 2 aromatic carbocycles. The van der Waals surface area contributed by atoms with Gasteiger partial charge in [-0.15, -0.1) is 0 Å². The highest BCUT2D eigenvalue weighted by molar-refractivity contribution is 6.70. The van der Waals surface area contributed by atoms with Crippen molar-refractivity contribution in [2.75, 3.05) is 0 Å². The van der Waals surface area contributed by atoms with Gasteiger partial charge < -0.3 is 4.43 Å². The quantitative estimate of drug-likeness (QED) is 0.427. The van der Waals surface area contributed by atoms with E-state index in [1.807, 2.05) is 67.6 Å². The highest BCUT2D eigenvalue weighted by Crippen LogP contribution is 2.30. The predicted molar refractivity (Wildman–Crippen MR) is 111 cm³/mol. The zero-order chi connectivity index (χ0) is 18.6. The number of pyridine rings is 1. The SMILES string of the molecule is Cc1cccc(C(=Nc2ccccc2O[Si](C)(C)C)c2ccccc2)n1. The van der Waals surface area contributed by atoms with Crippen molar-refractivity contribution < 1.29 is 4.43 Å². The minimum atomic E-state index is -1.73. The van der Waals surface area contributed by atoms with E-state index < -0.39 is 8.32 Å². The van der Waals surface area contributed by atoms with Crippen LogP contribution in [0.1, 0.15) is 17.0 Å². The Balaban J connectivity index is 2.14. The van der Waals surface area contributed by atoms with Gasteiger partial charge in [0.05, 0.1) is 11.4 Å². The molecule has 3 rings (SSSR count). The van der Waals surface area contributed by atoms with E-state index in [1.165, 1.54) is 0 Å². The van der Waals surface area contributed by atoms with Gasteiger partial charge in [-0.2, -0.15) is 0 Å². The van der Waals surface area contributed by atoms with E-state index in [2.05, 4.69) is 36.8 Å². The second-order valence-electron chi connectivity index (χ2n) is 7.17. The molecule has 0 aliphatic rings. The summed E-state index contributed by atoms with van der Waals surface area (Å²) in [6.07, 6.45) is 0. The van der Waals surface area contributed by atoms with Crippen LogP contribution in [0.5, 0.6) is 5.75 Å². The Morgan fingerprint density at radius 1 is 0.846 bits per heavy atom. The monoisotopic (exact) mass is 360 g/mol. The van der Waals surface area contributed by atoms with Gasteiger partial charge in [-0.1, -0.05) is 48.5 Å². The molecule has 0 saturated carbocycles. The largest absolute Gasteiger partial charge is 0.543 e. The summed E-state index contributed by atoms with van der Waals surface area (Å²) >= 11 is 0. The number of aliphatic imine (C=N–C) groups is 1. The number of benzene rings is 2. The molecule has 4 heteroatoms. The minimum absolute atomic E-state index is 0.827. The minimum Gasteiger partial charge on any atom is -0.543 e. The van der Waals surface area contributed by atoms with Crippen LogP contribution < -0.4 is 4.43 Å². The highest BCUT2D eigenvalue weighted by atomic mass is 28.4. The van der Waals surface area contributed by atoms with Crippen LogP contribution in [0.25, 0.3) is 0 Å². The molecule has 0 N–H and O–H groups in total. The molecule has 1 aromatic heterocycles. The van der Waals surface area contributed by atoms with E-state index in [1.54, 1.807) is 0 Å². The molecule has 0 radical (unpaired) electrons. The third-order valence-corrected chi connectivity index (χ3v) is 4.52. The van der Waals surface area contributed by atoms with E-state index in [-0.39, 0.29) is 0 Å². The maximum atomic E-state index is 6.24. The average Bonchev–Trinajstić information content (AvgIpc) is 2.60. The van der Waals surface area contributed by atoms with Crippen molar-refractivity contribution in [3.8, 4) is 5.75 Å². The van der Waals surface area contributed by atoms with Gasteiger partial charge in [0.1, 0.15) is 11.4 Å². The first kappa shape index (κ1) is 18.1. The summed E-state index contributed by atoms with van der Waals surface area (Å²) in [5, 5.41) is 0. The van der Waals surface area contributed by atoms with Crippen LogP contribution in [0, 0.1) is 6.92 Å². The summed E-state index contributed by atoms with van der Waals surface area (Å²) in [5.41, 5.74) is 4.54. The normalized spacial score (nSPS) is 12.1. The molecular formula is C22H24N2OSi. The lowest BCUT2D eigenvalue weighted by atomic mass is 10.1. The van der Waals surface area contributed by atoms with Crippen LogP contribution >= 0.6 is 0 Å². The summed E-state index contributed by atoms with van der Waals surface area (Å²) < 4.78 is 6.24. The van der Waals surface area contributed by atoms with Gasteiger partial charge in [-0.25, -0.2) is 4.99 Å². The number of hydrogen-bond donors (Lipinski definition) is 0. The van der Waals surface area contributed by atoms with Crippen LogP contribution in [0.4, 0.5) is 5.69 Å². The predicted octanol–water partition coefficient (Wildman–Crippen LogP) is 5.77. The van der Waals surface area contributed by atoms with Gasteiger partial charge in [0.25, 0.3) is 0 Å². The smallest absolute Gasteiger partial charge is 0.242 e. The van der Waals surface area contributed by atoms with Gasteiger partial charge in [0.2, 0.25) is 8.32 Å². The molecule has 0 saturated heterocycles. The van der Waals surface area contributed by atoms with Gasteiger partial charge in [0, 0.05) is 11.3 Å². The molecule has 0 spiro atoms. The van der Waals surface area contributed by atoms with Crippen LogP contribution in [0.15, 0.2) is 77.8 Å². The van der Waals surface area contributed by atoms with Crippen molar-refractivity contribution >= 4 is 19.7 Å². The number of para-hydroxylation sites is 2. The van der Waals surface area contributed by atoms with Gasteiger partial charge in [-0.3, -0.25) is 4.98 Å². The van der Waals surface area contributed by atoms with Crippen LogP contribution in [-0.2, 0) is 0 Å². The van der Waals surface area contributed by atoms with Crippen molar-refractivity contribution in [2.24, 2.45) is 4.99 Å². The zero-order valence-corrected chi connectivity index (χ0v) is 16.7. The molecule has 0 fully saturated rings. The Kier molecular flexibility index (Phi) is 5.33. The molecule has 3 nitrogen and oxygen atoms in total. The Hall–Kier alpha value is -2.72. The Bertz CT molecular complexity index is 915. The third kappa shape index (κ3) is 4.67. The first-order valence-electron chi connectivity index (χ1n) is 8.78. The standard InChI is InChI=1S/C22H24N2OSi/c1-17-11-10-15-20(23-17)22(18-12-6-5-7-13-18)24-19-14-8-9-16-21(19)25-26(2,3)4/h5-16H,1-4H3. The van der Waals surface area contributed by atoms with E-state index >= 15 is 0 Å². The van der Waals surface area contributed by atoms with Crippen molar-refractivity contribution in [1.29, 1.82) is 0 Å². The summed E-state index contributed by atoms with van der Waals surface area (Å²) in [7, 11) is -1.73. The second kappa shape index (κ2) is 7.66. The van der Waals surface area contributed by atoms with Gasteiger partial charge >= 0.3 is 0 Å². The fourth-order valence-electron chi connectivity index (χ4n) is 2.63. The first-order valence-corrected chi connectivity index (χ1v) is 12.2. The summed E-state index contributed by atoms with van der Waals surface area (Å²) in [5.74, 6) is 0.827. The van der Waals surface area contributed by atoms with Crippen molar-refractivity contribution in [1.82, 2.24) is 4.98 Å². The van der Waals surface area contributed by atoms with Crippen LogP contribution in [0.3, 0.4) is 0 Å². The van der Waals surface area contributed by atoms with E-state index in [0.717, 1.165) is 34.1 Å². The molecule has 0 aliphatic heterocycles. The van der Waals surface area contributed by atoms with Crippen molar-refractivity contribution in [3.63, 3.8) is 0 Å². The molecule has 0 amide bonds. The highest BCUT2D eigenvalue weighted by Gasteiger charge is 2.18. The molecule has 0 aliphatic carbocycles. The Labute approximate surface area is 156 Å². The summed E-state index contributed by atoms with van der Waals surface area (Å²) in [4.78, 5) is 9.66. The van der Waals surface area contributed by atoms with E-state index in [9.17, 15) is 0 Å². The maximum Gasteiger partial charge on any atom is 0.242 e. The number of nitrogens with zero attached hydrogens (tertiary/aromatic N) is 2. The van der Waals surface area contributed by atoms with Gasteiger partial charge in [-0.05, 0) is 50.8 Å². The summed E-state index contributed by atoms with van der Waals surface area (Å²) in [6.45, 7) is 8.52. The van der Waals surface area contributed by atoms with Gasteiger partial charge in [0.15, 0.2) is 0 Å². The summed E-state index contributed by atoms with van der Waals surface area (Å²) in [6, 6.07) is 24.1. The topological polar surface area (TPSA) is 34.5 Å². The van der Waals surface area contributed by atoms with Crippen molar-refractivity contribution in [2.45, 2.75) is 26.6 Å². The number of aryl methyl sites for hydroxylation is 1. The molecule has 0 atom stereocenters. The van der Waals surface area contributed by atoms with Crippen molar-refractivity contribution in [3.05, 3.63) is 89.7 Å². The Morgan fingerprint density at radius 3 is 2.23 bits per heavy atom. The second-order valence-corrected chi connectivity index (χ2v) is 11.6. The van der Waals surface area contributed by atoms with Crippen LogP contribution in [0.2, 0.25) is 19.6 Å². The zero-order valence-electron chi connectivity index (χ0n) is 15.7. The lowest BCUT2D eigenvalue weighted by Crippen LogP contribution is -2.29. The first-order chi connectivity index (χ1) is 12.4. The lowest BCUT2D eigenvalue weighted by Gasteiger charge is -2.20. The lowest BCUT2D eigenvalue weighted by molar-refractivity contribution is 0.559. The molecular weight excluding hydrogens is 336 g/mol. The molecule has 3 aromatic rings. The third-order valence-electron chi connectivity index (χ3n) is 3.69. The number of hydrogen-bond acceptors (Lipinski definition) is 3. The van der Waals surface area contributed by atoms with E-state index in [4.69, 9.17) is 9.42 Å². The number of rotatable bonds is 5. The molecule has 0 unspecified atom stereocenters. The molecule has 132 valence electrons. The maximum absolute atomic E-state index is 6.24. The fourth-order valence-corrected chi connectivity index (χ4v) is 3.46. The average molecular weight is 361 g/mol. The Morgan fingerprint density at radius 2 is 1.54 bits per heavy atom. The molecule has 1 heterocycles. The molecule has 0 bridgehead atoms. The fraction of sp³-hybridized carbons (Fsp3) is 0.182. The molecule has 26 heavy (non-hydrogen) atoms. The van der Waals surface area contributed by atoms with Crippen LogP contribution in [-0.4, -0.2) is 19.0 Å². The van der Waals surface area contributed by atoms with E-state index in [0.29, 0.717) is 0 Å².